The summed E-state index contributed by atoms with van der Waals surface area (Å²) in [5, 5.41) is 3.55. The van der Waals surface area contributed by atoms with E-state index in [2.05, 4.69) is 5.32 Å². The summed E-state index contributed by atoms with van der Waals surface area (Å²) in [4.78, 5) is 0. The molecule has 1 N–H and O–H groups in total. The first kappa shape index (κ1) is 12.8. The number of hydrogen-bond acceptors (Lipinski definition) is 1. The van der Waals surface area contributed by atoms with Gasteiger partial charge in [0.05, 0.1) is 10.7 Å². The fraction of sp³-hybridized carbons (Fsp3) is 0.143. The van der Waals surface area contributed by atoms with E-state index in [0.29, 0.717) is 10.7 Å². The Balaban J connectivity index is 2.13. The van der Waals surface area contributed by atoms with Gasteiger partial charge in [-0.2, -0.15) is 0 Å². The first-order valence-electron chi connectivity index (χ1n) is 5.50. The molecule has 0 saturated carbocycles. The average Bonchev–Trinajstić information content (AvgIpc) is 2.32. The average molecular weight is 268 g/mol. The lowest BCUT2D eigenvalue weighted by molar-refractivity contribution is 0.587. The third kappa shape index (κ3) is 2.99. The molecule has 0 aromatic heterocycles. The van der Waals surface area contributed by atoms with E-state index in [1.807, 2.05) is 25.1 Å². The van der Waals surface area contributed by atoms with Crippen LogP contribution in [0.3, 0.4) is 0 Å². The molecule has 0 bridgehead atoms. The first-order chi connectivity index (χ1) is 8.56. The second kappa shape index (κ2) is 5.36. The molecule has 0 amide bonds. The van der Waals surface area contributed by atoms with Crippen molar-refractivity contribution in [1.82, 2.24) is 0 Å². The van der Waals surface area contributed by atoms with Crippen LogP contribution in [0.5, 0.6) is 0 Å². The van der Waals surface area contributed by atoms with Crippen LogP contribution in [-0.4, -0.2) is 0 Å². The molecule has 4 heteroatoms. The molecule has 0 unspecified atom stereocenters. The number of aryl methyl sites for hydroxylation is 1. The number of anilines is 1. The lowest BCUT2D eigenvalue weighted by Crippen LogP contribution is -2.03. The van der Waals surface area contributed by atoms with Crippen LogP contribution in [0, 0.1) is 18.6 Å². The molecule has 0 aliphatic rings. The van der Waals surface area contributed by atoms with Crippen LogP contribution in [0.15, 0.2) is 36.4 Å². The fourth-order valence-corrected chi connectivity index (χ4v) is 1.93. The third-order valence-corrected chi connectivity index (χ3v) is 2.91. The third-order valence-electron chi connectivity index (χ3n) is 2.60. The molecule has 0 heterocycles. The van der Waals surface area contributed by atoms with E-state index in [4.69, 9.17) is 11.6 Å². The standard InChI is InChI=1S/C14H12ClF2N/c1-9-2-5-14(12(15)6-9)18-8-10-7-11(16)3-4-13(10)17/h2-7,18H,8H2,1H3. The SMILES string of the molecule is Cc1ccc(NCc2cc(F)ccc2F)c(Cl)c1. The summed E-state index contributed by atoms with van der Waals surface area (Å²) < 4.78 is 26.4. The minimum Gasteiger partial charge on any atom is -0.380 e. The molecule has 94 valence electrons. The van der Waals surface area contributed by atoms with Crippen molar-refractivity contribution in [2.45, 2.75) is 13.5 Å². The van der Waals surface area contributed by atoms with E-state index < -0.39 is 11.6 Å². The minimum atomic E-state index is -0.455. The van der Waals surface area contributed by atoms with Gasteiger partial charge >= 0.3 is 0 Å². The van der Waals surface area contributed by atoms with Crippen molar-refractivity contribution in [3.05, 3.63) is 64.2 Å². The predicted molar refractivity (Wildman–Crippen MR) is 69.9 cm³/mol. The zero-order valence-corrected chi connectivity index (χ0v) is 10.6. The molecule has 0 saturated heterocycles. The van der Waals surface area contributed by atoms with Crippen molar-refractivity contribution < 1.29 is 8.78 Å². The minimum absolute atomic E-state index is 0.187. The second-order valence-electron chi connectivity index (χ2n) is 4.07. The molecular weight excluding hydrogens is 256 g/mol. The quantitative estimate of drug-likeness (QED) is 0.861. The van der Waals surface area contributed by atoms with Gasteiger partial charge in [0.2, 0.25) is 0 Å². The van der Waals surface area contributed by atoms with Gasteiger partial charge in [0.1, 0.15) is 11.6 Å². The Hall–Kier alpha value is -1.61. The van der Waals surface area contributed by atoms with Crippen LogP contribution in [0.2, 0.25) is 5.02 Å². The maximum atomic E-state index is 13.4. The summed E-state index contributed by atoms with van der Waals surface area (Å²) >= 11 is 6.04. The zero-order valence-electron chi connectivity index (χ0n) is 9.81. The van der Waals surface area contributed by atoms with E-state index in [1.54, 1.807) is 0 Å². The van der Waals surface area contributed by atoms with Crippen molar-refractivity contribution in [3.63, 3.8) is 0 Å². The summed E-state index contributed by atoms with van der Waals surface area (Å²) in [6.45, 7) is 2.12. The number of rotatable bonds is 3. The van der Waals surface area contributed by atoms with Gasteiger partial charge in [-0.3, -0.25) is 0 Å². The van der Waals surface area contributed by atoms with E-state index in [-0.39, 0.29) is 12.1 Å². The summed E-state index contributed by atoms with van der Waals surface area (Å²) in [6.07, 6.45) is 0. The first-order valence-corrected chi connectivity index (χ1v) is 5.88. The molecule has 2 aromatic carbocycles. The lowest BCUT2D eigenvalue weighted by atomic mass is 10.2. The highest BCUT2D eigenvalue weighted by atomic mass is 35.5. The van der Waals surface area contributed by atoms with Crippen molar-refractivity contribution in [2.24, 2.45) is 0 Å². The predicted octanol–water partition coefficient (Wildman–Crippen LogP) is 4.54. The van der Waals surface area contributed by atoms with Crippen molar-refractivity contribution in [3.8, 4) is 0 Å². The zero-order chi connectivity index (χ0) is 13.1. The van der Waals surface area contributed by atoms with E-state index >= 15 is 0 Å². The molecule has 18 heavy (non-hydrogen) atoms. The highest BCUT2D eigenvalue weighted by Crippen LogP contribution is 2.23. The molecule has 0 fully saturated rings. The summed E-state index contributed by atoms with van der Waals surface area (Å²) in [7, 11) is 0. The van der Waals surface area contributed by atoms with E-state index in [9.17, 15) is 8.78 Å². The Bertz CT molecular complexity index is 570. The summed E-state index contributed by atoms with van der Waals surface area (Å²) in [5.41, 5.74) is 2.01. The molecule has 1 nitrogen and oxygen atoms in total. The van der Waals surface area contributed by atoms with Gasteiger partial charge in [-0.15, -0.1) is 0 Å². The van der Waals surface area contributed by atoms with Crippen LogP contribution in [0.4, 0.5) is 14.5 Å². The number of nitrogens with one attached hydrogen (secondary N) is 1. The lowest BCUT2D eigenvalue weighted by Gasteiger charge is -2.09. The Kier molecular flexibility index (Phi) is 3.82. The van der Waals surface area contributed by atoms with Gasteiger partial charge in [-0.1, -0.05) is 17.7 Å². The van der Waals surface area contributed by atoms with Crippen LogP contribution >= 0.6 is 11.6 Å². The van der Waals surface area contributed by atoms with Crippen molar-refractivity contribution in [1.29, 1.82) is 0 Å². The molecule has 0 aliphatic carbocycles. The maximum Gasteiger partial charge on any atom is 0.128 e. The fourth-order valence-electron chi connectivity index (χ4n) is 1.63. The molecule has 0 spiro atoms. The largest absolute Gasteiger partial charge is 0.380 e. The molecule has 0 radical (unpaired) electrons. The Morgan fingerprint density at radius 2 is 1.89 bits per heavy atom. The van der Waals surface area contributed by atoms with Crippen molar-refractivity contribution in [2.75, 3.05) is 5.32 Å². The van der Waals surface area contributed by atoms with Gasteiger partial charge in [0.25, 0.3) is 0 Å². The van der Waals surface area contributed by atoms with Gasteiger partial charge in [-0.05, 0) is 42.8 Å². The van der Waals surface area contributed by atoms with Crippen molar-refractivity contribution >= 4 is 17.3 Å². The summed E-state index contributed by atoms with van der Waals surface area (Å²) in [6, 6.07) is 8.90. The molecule has 0 atom stereocenters. The molecule has 0 aliphatic heterocycles. The van der Waals surface area contributed by atoms with Gasteiger partial charge < -0.3 is 5.32 Å². The smallest absolute Gasteiger partial charge is 0.128 e. The highest BCUT2D eigenvalue weighted by Gasteiger charge is 2.05. The van der Waals surface area contributed by atoms with Crippen LogP contribution < -0.4 is 5.32 Å². The van der Waals surface area contributed by atoms with Gasteiger partial charge in [0, 0.05) is 12.1 Å². The normalized spacial score (nSPS) is 10.4. The molecule has 2 aromatic rings. The number of hydrogen-bond donors (Lipinski definition) is 1. The Morgan fingerprint density at radius 3 is 2.61 bits per heavy atom. The topological polar surface area (TPSA) is 12.0 Å². The number of halogens is 3. The van der Waals surface area contributed by atoms with Gasteiger partial charge in [0.15, 0.2) is 0 Å². The second-order valence-corrected chi connectivity index (χ2v) is 4.48. The maximum absolute atomic E-state index is 13.4. The van der Waals surface area contributed by atoms with Crippen LogP contribution in [-0.2, 0) is 6.54 Å². The van der Waals surface area contributed by atoms with E-state index in [1.165, 1.54) is 6.07 Å². The molecule has 2 rings (SSSR count). The van der Waals surface area contributed by atoms with E-state index in [0.717, 1.165) is 17.7 Å². The molecular formula is C14H12ClF2N. The number of benzene rings is 2. The highest BCUT2D eigenvalue weighted by molar-refractivity contribution is 6.33. The Labute approximate surface area is 109 Å². The van der Waals surface area contributed by atoms with Crippen LogP contribution in [0.1, 0.15) is 11.1 Å². The monoisotopic (exact) mass is 267 g/mol. The Morgan fingerprint density at radius 1 is 1.11 bits per heavy atom. The summed E-state index contributed by atoms with van der Waals surface area (Å²) in [5.74, 6) is -0.893. The van der Waals surface area contributed by atoms with Gasteiger partial charge in [-0.25, -0.2) is 8.78 Å². The van der Waals surface area contributed by atoms with Crippen LogP contribution in [0.25, 0.3) is 0 Å².